The van der Waals surface area contributed by atoms with E-state index in [0.29, 0.717) is 16.8 Å². The molecule has 1 saturated heterocycles. The van der Waals surface area contributed by atoms with Crippen LogP contribution in [0.3, 0.4) is 0 Å². The Hall–Kier alpha value is -2.90. The number of hydrogen-bond donors (Lipinski definition) is 2. The summed E-state index contributed by atoms with van der Waals surface area (Å²) in [4.78, 5) is 35.5. The van der Waals surface area contributed by atoms with E-state index in [-0.39, 0.29) is 25.3 Å². The van der Waals surface area contributed by atoms with Gasteiger partial charge in [0.05, 0.1) is 11.9 Å². The molecule has 1 aliphatic heterocycles. The smallest absolute Gasteiger partial charge is 0.329 e. The van der Waals surface area contributed by atoms with Gasteiger partial charge in [0, 0.05) is 25.4 Å². The molecular weight excluding hydrogens is 288 g/mol. The second-order valence-corrected chi connectivity index (χ2v) is 5.12. The summed E-state index contributed by atoms with van der Waals surface area (Å²) in [6.45, 7) is 0.250. The van der Waals surface area contributed by atoms with Crippen LogP contribution in [0.1, 0.15) is 12.0 Å². The van der Waals surface area contributed by atoms with E-state index in [4.69, 9.17) is 5.11 Å². The largest absolute Gasteiger partial charge is 0.481 e. The Morgan fingerprint density at radius 3 is 2.86 bits per heavy atom. The van der Waals surface area contributed by atoms with Gasteiger partial charge >= 0.3 is 12.0 Å². The van der Waals surface area contributed by atoms with E-state index in [9.17, 15) is 14.4 Å². The van der Waals surface area contributed by atoms with Crippen molar-refractivity contribution in [3.8, 4) is 0 Å². The van der Waals surface area contributed by atoms with Crippen LogP contribution >= 0.6 is 0 Å². The molecule has 3 amide bonds. The van der Waals surface area contributed by atoms with Crippen LogP contribution in [0.5, 0.6) is 0 Å². The standard InChI is InChI=1S/C14H14N4O4/c1-17-10-3-2-8(7-12(20)21)6-9(10)13(16-17)18-5-4-11(19)15-14(18)22/h2-3,6H,4-5,7H2,1H3,(H,20,21)(H,15,19,22). The molecule has 0 unspecified atom stereocenters. The zero-order valence-corrected chi connectivity index (χ0v) is 11.9. The van der Waals surface area contributed by atoms with E-state index in [0.717, 1.165) is 5.52 Å². The summed E-state index contributed by atoms with van der Waals surface area (Å²) in [6, 6.07) is 4.70. The quantitative estimate of drug-likeness (QED) is 0.866. The molecule has 1 aromatic heterocycles. The molecule has 0 radical (unpaired) electrons. The second-order valence-electron chi connectivity index (χ2n) is 5.12. The molecule has 0 atom stereocenters. The summed E-state index contributed by atoms with van der Waals surface area (Å²) in [5.41, 5.74) is 1.41. The summed E-state index contributed by atoms with van der Waals surface area (Å²) >= 11 is 0. The topological polar surface area (TPSA) is 105 Å². The molecule has 2 aromatic rings. The predicted octanol–water partition coefficient (Wildman–Crippen LogP) is 0.647. The third kappa shape index (κ3) is 2.39. The highest BCUT2D eigenvalue weighted by molar-refractivity contribution is 6.08. The fourth-order valence-electron chi connectivity index (χ4n) is 2.54. The number of rotatable bonds is 3. The first-order valence-electron chi connectivity index (χ1n) is 6.74. The first kappa shape index (κ1) is 14.1. The number of aliphatic carboxylic acids is 1. The van der Waals surface area contributed by atoms with Crippen molar-refractivity contribution in [3.63, 3.8) is 0 Å². The number of aromatic nitrogens is 2. The number of aryl methyl sites for hydroxylation is 1. The molecule has 22 heavy (non-hydrogen) atoms. The number of anilines is 1. The fourth-order valence-corrected chi connectivity index (χ4v) is 2.54. The number of carbonyl (C=O) groups excluding carboxylic acids is 2. The lowest BCUT2D eigenvalue weighted by molar-refractivity contribution is -0.136. The zero-order valence-electron chi connectivity index (χ0n) is 11.9. The van der Waals surface area contributed by atoms with Crippen LogP contribution in [0.15, 0.2) is 18.2 Å². The molecule has 8 nitrogen and oxygen atoms in total. The van der Waals surface area contributed by atoms with E-state index in [2.05, 4.69) is 10.4 Å². The molecule has 0 saturated carbocycles. The molecule has 0 spiro atoms. The van der Waals surface area contributed by atoms with Crippen LogP contribution in [-0.4, -0.2) is 39.3 Å². The van der Waals surface area contributed by atoms with Crippen molar-refractivity contribution in [2.45, 2.75) is 12.8 Å². The minimum atomic E-state index is -0.925. The van der Waals surface area contributed by atoms with Crippen LogP contribution in [0.2, 0.25) is 0 Å². The predicted molar refractivity (Wildman–Crippen MR) is 77.6 cm³/mol. The van der Waals surface area contributed by atoms with Crippen molar-refractivity contribution in [1.82, 2.24) is 15.1 Å². The molecule has 3 rings (SSSR count). The molecule has 8 heteroatoms. The number of carboxylic acids is 1. The van der Waals surface area contributed by atoms with Crippen molar-refractivity contribution < 1.29 is 19.5 Å². The van der Waals surface area contributed by atoms with Gasteiger partial charge in [-0.2, -0.15) is 5.10 Å². The van der Waals surface area contributed by atoms with E-state index in [1.54, 1.807) is 29.9 Å². The molecule has 114 valence electrons. The Kier molecular flexibility index (Phi) is 3.28. The molecule has 1 aromatic carbocycles. The number of nitrogens with zero attached hydrogens (tertiary/aromatic N) is 3. The maximum absolute atomic E-state index is 12.0. The average Bonchev–Trinajstić information content (AvgIpc) is 2.75. The van der Waals surface area contributed by atoms with Crippen LogP contribution < -0.4 is 10.2 Å². The number of amides is 3. The van der Waals surface area contributed by atoms with Crippen LogP contribution in [0.25, 0.3) is 10.9 Å². The number of urea groups is 1. The van der Waals surface area contributed by atoms with Gasteiger partial charge in [-0.1, -0.05) is 6.07 Å². The maximum atomic E-state index is 12.0. The van der Waals surface area contributed by atoms with Crippen molar-refractivity contribution in [2.75, 3.05) is 11.4 Å². The van der Waals surface area contributed by atoms with E-state index >= 15 is 0 Å². The van der Waals surface area contributed by atoms with Crippen LogP contribution in [-0.2, 0) is 23.1 Å². The molecule has 2 heterocycles. The Balaban J connectivity index is 2.07. The van der Waals surface area contributed by atoms with Gasteiger partial charge in [0.2, 0.25) is 5.91 Å². The fraction of sp³-hybridized carbons (Fsp3) is 0.286. The normalized spacial score (nSPS) is 15.2. The zero-order chi connectivity index (χ0) is 15.9. The third-order valence-electron chi connectivity index (χ3n) is 3.56. The van der Waals surface area contributed by atoms with Crippen molar-refractivity contribution >= 4 is 34.6 Å². The Labute approximate surface area is 125 Å². The summed E-state index contributed by atoms with van der Waals surface area (Å²) in [5.74, 6) is -0.811. The van der Waals surface area contributed by atoms with E-state index in [1.807, 2.05) is 0 Å². The van der Waals surface area contributed by atoms with Crippen molar-refractivity contribution in [3.05, 3.63) is 23.8 Å². The number of benzene rings is 1. The average molecular weight is 302 g/mol. The van der Waals surface area contributed by atoms with Gasteiger partial charge in [-0.25, -0.2) is 4.79 Å². The number of fused-ring (bicyclic) bond motifs is 1. The first-order valence-corrected chi connectivity index (χ1v) is 6.74. The maximum Gasteiger partial charge on any atom is 0.329 e. The lowest BCUT2D eigenvalue weighted by Crippen LogP contribution is -2.49. The highest BCUT2D eigenvalue weighted by Crippen LogP contribution is 2.28. The van der Waals surface area contributed by atoms with Crippen molar-refractivity contribution in [1.29, 1.82) is 0 Å². The van der Waals surface area contributed by atoms with Gasteiger partial charge < -0.3 is 5.11 Å². The summed E-state index contributed by atoms with van der Waals surface area (Å²) < 4.78 is 1.62. The molecule has 0 aliphatic carbocycles. The van der Waals surface area contributed by atoms with Gasteiger partial charge in [0.1, 0.15) is 0 Å². The van der Waals surface area contributed by atoms with Crippen LogP contribution in [0.4, 0.5) is 10.6 Å². The van der Waals surface area contributed by atoms with Gasteiger partial charge in [-0.3, -0.25) is 24.5 Å². The minimum absolute atomic E-state index is 0.102. The lowest BCUT2D eigenvalue weighted by Gasteiger charge is -2.24. The molecule has 1 aliphatic rings. The van der Waals surface area contributed by atoms with Gasteiger partial charge in [-0.05, 0) is 17.7 Å². The van der Waals surface area contributed by atoms with Crippen molar-refractivity contribution in [2.24, 2.45) is 7.05 Å². The third-order valence-corrected chi connectivity index (χ3v) is 3.56. The number of nitrogens with one attached hydrogen (secondary N) is 1. The minimum Gasteiger partial charge on any atom is -0.481 e. The van der Waals surface area contributed by atoms with Crippen LogP contribution in [0, 0.1) is 0 Å². The van der Waals surface area contributed by atoms with Gasteiger partial charge in [-0.15, -0.1) is 0 Å². The number of imide groups is 1. The molecule has 1 fully saturated rings. The molecule has 0 bridgehead atoms. The number of hydrogen-bond acceptors (Lipinski definition) is 4. The Morgan fingerprint density at radius 1 is 1.41 bits per heavy atom. The first-order chi connectivity index (χ1) is 10.5. The van der Waals surface area contributed by atoms with Gasteiger partial charge in [0.25, 0.3) is 0 Å². The van der Waals surface area contributed by atoms with Gasteiger partial charge in [0.15, 0.2) is 5.82 Å². The monoisotopic (exact) mass is 302 g/mol. The molecule has 2 N–H and O–H groups in total. The summed E-state index contributed by atoms with van der Waals surface area (Å²) in [6.07, 6.45) is 0.105. The molecular formula is C14H14N4O4. The van der Waals surface area contributed by atoms with E-state index < -0.39 is 12.0 Å². The Morgan fingerprint density at radius 2 is 2.18 bits per heavy atom. The summed E-state index contributed by atoms with van der Waals surface area (Å²) in [7, 11) is 1.75. The van der Waals surface area contributed by atoms with E-state index in [1.165, 1.54) is 4.90 Å². The summed E-state index contributed by atoms with van der Waals surface area (Å²) in [5, 5.41) is 16.2. The highest BCUT2D eigenvalue weighted by atomic mass is 16.4. The number of carboxylic acid groups (broad SMARTS) is 1. The Bertz CT molecular complexity index is 795. The SMILES string of the molecule is Cn1nc(N2CCC(=O)NC2=O)c2cc(CC(=O)O)ccc21. The lowest BCUT2D eigenvalue weighted by atomic mass is 10.1. The highest BCUT2D eigenvalue weighted by Gasteiger charge is 2.28. The number of carbonyl (C=O) groups is 3. The second kappa shape index (κ2) is 5.14.